The van der Waals surface area contributed by atoms with E-state index in [-0.39, 0.29) is 0 Å². The van der Waals surface area contributed by atoms with Crippen molar-refractivity contribution in [3.05, 3.63) is 29.3 Å². The van der Waals surface area contributed by atoms with Gasteiger partial charge in [-0.3, -0.25) is 0 Å². The van der Waals surface area contributed by atoms with Crippen LogP contribution in [-0.2, 0) is 0 Å². The van der Waals surface area contributed by atoms with Crippen molar-refractivity contribution in [2.24, 2.45) is 0 Å². The zero-order valence-electron chi connectivity index (χ0n) is 5.81. The smallest absolute Gasteiger partial charge is 0.0300 e. The fourth-order valence-electron chi connectivity index (χ4n) is 0.765. The van der Waals surface area contributed by atoms with E-state index < -0.39 is 0 Å². The Hall–Kier alpha value is -0.350. The van der Waals surface area contributed by atoms with Gasteiger partial charge in [0.05, 0.1) is 0 Å². The zero-order chi connectivity index (χ0) is 6.85. The highest BCUT2D eigenvalue weighted by atomic mass is 31.0. The van der Waals surface area contributed by atoms with Gasteiger partial charge in [-0.2, -0.15) is 0 Å². The van der Waals surface area contributed by atoms with E-state index in [4.69, 9.17) is 0 Å². The van der Waals surface area contributed by atoms with Crippen LogP contribution in [0.1, 0.15) is 11.1 Å². The molecule has 0 aliphatic heterocycles. The minimum atomic E-state index is 1.26. The monoisotopic (exact) mass is 138 g/mol. The van der Waals surface area contributed by atoms with E-state index in [1.165, 1.54) is 16.4 Å². The third-order valence-electron chi connectivity index (χ3n) is 1.53. The lowest BCUT2D eigenvalue weighted by Crippen LogP contribution is -1.91. The first-order valence-corrected chi connectivity index (χ1v) is 3.60. The first kappa shape index (κ1) is 6.77. The lowest BCUT2D eigenvalue weighted by Gasteiger charge is -1.98. The fourth-order valence-corrected chi connectivity index (χ4v) is 1.11. The van der Waals surface area contributed by atoms with Gasteiger partial charge in [0.25, 0.3) is 0 Å². The van der Waals surface area contributed by atoms with E-state index in [2.05, 4.69) is 41.3 Å². The zero-order valence-corrected chi connectivity index (χ0v) is 6.96. The number of hydrogen-bond acceptors (Lipinski definition) is 0. The van der Waals surface area contributed by atoms with Crippen LogP contribution in [0.2, 0.25) is 0 Å². The molecule has 0 fully saturated rings. The molecule has 0 aliphatic rings. The van der Waals surface area contributed by atoms with Crippen LogP contribution in [0.3, 0.4) is 0 Å². The summed E-state index contributed by atoms with van der Waals surface area (Å²) in [5.41, 5.74) is 2.73. The summed E-state index contributed by atoms with van der Waals surface area (Å²) >= 11 is 0. The van der Waals surface area contributed by atoms with Gasteiger partial charge in [0.15, 0.2) is 0 Å². The molecule has 0 spiro atoms. The molecule has 1 unspecified atom stereocenters. The number of rotatable bonds is 0. The van der Waals surface area contributed by atoms with Crippen molar-refractivity contribution in [1.29, 1.82) is 0 Å². The van der Waals surface area contributed by atoms with Crippen molar-refractivity contribution in [3.8, 4) is 0 Å². The molecule has 0 amide bonds. The van der Waals surface area contributed by atoms with Crippen molar-refractivity contribution in [1.82, 2.24) is 0 Å². The topological polar surface area (TPSA) is 0 Å². The van der Waals surface area contributed by atoms with Crippen LogP contribution in [0.5, 0.6) is 0 Å². The highest BCUT2D eigenvalue weighted by Crippen LogP contribution is 2.03. The first-order chi connectivity index (χ1) is 4.20. The average molecular weight is 138 g/mol. The molecule has 0 bridgehead atoms. The van der Waals surface area contributed by atoms with E-state index in [9.17, 15) is 0 Å². The number of benzene rings is 1. The molecule has 1 aromatic rings. The molecule has 9 heavy (non-hydrogen) atoms. The normalized spacial score (nSPS) is 9.67. The summed E-state index contributed by atoms with van der Waals surface area (Å²) in [5, 5.41) is 1.26. The van der Waals surface area contributed by atoms with Crippen LogP contribution < -0.4 is 5.30 Å². The quantitative estimate of drug-likeness (QED) is 0.479. The second-order valence-corrected chi connectivity index (χ2v) is 3.01. The lowest BCUT2D eigenvalue weighted by molar-refractivity contribution is 1.35. The van der Waals surface area contributed by atoms with Crippen LogP contribution in [0.25, 0.3) is 0 Å². The summed E-state index contributed by atoms with van der Waals surface area (Å²) in [6.45, 7) is 4.25. The van der Waals surface area contributed by atoms with Gasteiger partial charge in [-0.1, -0.05) is 18.2 Å². The highest BCUT2D eigenvalue weighted by Gasteiger charge is 1.89. The van der Waals surface area contributed by atoms with E-state index >= 15 is 0 Å². The molecule has 1 rings (SSSR count). The molecule has 1 atom stereocenters. The molecular weight excluding hydrogens is 127 g/mol. The van der Waals surface area contributed by atoms with E-state index in [0.29, 0.717) is 0 Å². The third kappa shape index (κ3) is 1.53. The molecule has 0 aromatic heterocycles. The Labute approximate surface area is 58.5 Å². The van der Waals surface area contributed by atoms with Crippen molar-refractivity contribution in [3.63, 3.8) is 0 Å². The Morgan fingerprint density at radius 1 is 1.11 bits per heavy atom. The standard InChI is InChI=1S/C8H11P/c1-6-3-4-8(9)5-7(6)2/h3-5H,9H2,1-2H3. The van der Waals surface area contributed by atoms with Crippen LogP contribution in [-0.4, -0.2) is 0 Å². The van der Waals surface area contributed by atoms with Crippen molar-refractivity contribution < 1.29 is 0 Å². The molecule has 0 saturated carbocycles. The van der Waals surface area contributed by atoms with Gasteiger partial charge in [-0.25, -0.2) is 0 Å². The van der Waals surface area contributed by atoms with E-state index in [1.807, 2.05) is 0 Å². The highest BCUT2D eigenvalue weighted by molar-refractivity contribution is 7.27. The van der Waals surface area contributed by atoms with Crippen molar-refractivity contribution in [2.75, 3.05) is 0 Å². The second kappa shape index (κ2) is 2.49. The Kier molecular flexibility index (Phi) is 1.87. The minimum absolute atomic E-state index is 1.26. The van der Waals surface area contributed by atoms with Crippen molar-refractivity contribution in [2.45, 2.75) is 13.8 Å². The molecule has 0 aliphatic carbocycles. The van der Waals surface area contributed by atoms with Gasteiger partial charge in [-0.15, -0.1) is 9.24 Å². The molecule has 1 aromatic carbocycles. The molecule has 0 nitrogen and oxygen atoms in total. The van der Waals surface area contributed by atoms with Gasteiger partial charge in [0, 0.05) is 0 Å². The predicted octanol–water partition coefficient (Wildman–Crippen LogP) is 1.80. The molecular formula is C8H11P. The Morgan fingerprint density at radius 3 is 2.22 bits per heavy atom. The van der Waals surface area contributed by atoms with E-state index in [0.717, 1.165) is 0 Å². The van der Waals surface area contributed by atoms with Crippen LogP contribution in [0.4, 0.5) is 0 Å². The number of hydrogen-bond donors (Lipinski definition) is 0. The van der Waals surface area contributed by atoms with Crippen molar-refractivity contribution >= 4 is 14.5 Å². The summed E-state index contributed by atoms with van der Waals surface area (Å²) in [6.07, 6.45) is 0. The Morgan fingerprint density at radius 2 is 1.78 bits per heavy atom. The average Bonchev–Trinajstić information content (AvgIpc) is 1.80. The van der Waals surface area contributed by atoms with Gasteiger partial charge < -0.3 is 0 Å². The Bertz CT molecular complexity index is 216. The predicted molar refractivity (Wildman–Crippen MR) is 45.3 cm³/mol. The summed E-state index contributed by atoms with van der Waals surface area (Å²) in [6, 6.07) is 6.41. The molecule has 0 saturated heterocycles. The maximum absolute atomic E-state index is 2.69. The second-order valence-electron chi connectivity index (χ2n) is 2.34. The van der Waals surface area contributed by atoms with Crippen LogP contribution in [0, 0.1) is 13.8 Å². The van der Waals surface area contributed by atoms with Gasteiger partial charge in [0.2, 0.25) is 0 Å². The molecule has 0 N–H and O–H groups in total. The van der Waals surface area contributed by atoms with Crippen LogP contribution in [0.15, 0.2) is 18.2 Å². The summed E-state index contributed by atoms with van der Waals surface area (Å²) in [4.78, 5) is 0. The first-order valence-electron chi connectivity index (χ1n) is 3.03. The van der Waals surface area contributed by atoms with E-state index in [1.54, 1.807) is 0 Å². The van der Waals surface area contributed by atoms with Gasteiger partial charge >= 0.3 is 0 Å². The SMILES string of the molecule is Cc1ccc(P)cc1C. The fraction of sp³-hybridized carbons (Fsp3) is 0.250. The third-order valence-corrected chi connectivity index (χ3v) is 1.89. The minimum Gasteiger partial charge on any atom is -0.106 e. The maximum Gasteiger partial charge on any atom is -0.0300 e. The summed E-state index contributed by atoms with van der Waals surface area (Å²) in [7, 11) is 2.69. The lowest BCUT2D eigenvalue weighted by atomic mass is 10.1. The summed E-state index contributed by atoms with van der Waals surface area (Å²) < 4.78 is 0. The maximum atomic E-state index is 2.69. The molecule has 0 radical (unpaired) electrons. The number of aryl methyl sites for hydroxylation is 2. The summed E-state index contributed by atoms with van der Waals surface area (Å²) in [5.74, 6) is 0. The Balaban J connectivity index is 3.17. The molecule has 48 valence electrons. The van der Waals surface area contributed by atoms with Gasteiger partial charge in [-0.05, 0) is 30.3 Å². The molecule has 1 heteroatoms. The molecule has 0 heterocycles. The van der Waals surface area contributed by atoms with Gasteiger partial charge in [0.1, 0.15) is 0 Å². The largest absolute Gasteiger partial charge is 0.106 e. The van der Waals surface area contributed by atoms with Crippen LogP contribution >= 0.6 is 9.24 Å².